The van der Waals surface area contributed by atoms with Crippen molar-refractivity contribution < 1.29 is 27.4 Å². The molecule has 210 valence electrons. The first-order valence-corrected chi connectivity index (χ1v) is 15.1. The number of nitrogens with two attached hydrogens (primary N) is 1. The van der Waals surface area contributed by atoms with Crippen LogP contribution in [0.1, 0.15) is 41.9 Å². The molecule has 0 fully saturated rings. The van der Waals surface area contributed by atoms with Crippen LogP contribution in [-0.4, -0.2) is 78.2 Å². The zero-order chi connectivity index (χ0) is 27.5. The highest BCUT2D eigenvalue weighted by molar-refractivity contribution is 7.91. The van der Waals surface area contributed by atoms with Crippen LogP contribution in [0.3, 0.4) is 0 Å². The molecule has 8 nitrogen and oxygen atoms in total. The number of hydrogen-bond acceptors (Lipinski definition) is 7. The average Bonchev–Trinajstić information content (AvgIpc) is 2.87. The molecule has 1 aliphatic rings. The number of primary amides is 1. The van der Waals surface area contributed by atoms with Crippen molar-refractivity contribution in [2.24, 2.45) is 5.73 Å². The second-order valence-corrected chi connectivity index (χ2v) is 12.3. The van der Waals surface area contributed by atoms with Crippen molar-refractivity contribution in [3.63, 3.8) is 0 Å². The van der Waals surface area contributed by atoms with Crippen molar-refractivity contribution in [2.75, 3.05) is 59.0 Å². The first-order valence-electron chi connectivity index (χ1n) is 12.7. The highest BCUT2D eigenvalue weighted by atomic mass is 35.5. The van der Waals surface area contributed by atoms with Gasteiger partial charge in [-0.15, -0.1) is 0 Å². The summed E-state index contributed by atoms with van der Waals surface area (Å²) in [6, 6.07) is 10.8. The summed E-state index contributed by atoms with van der Waals surface area (Å²) < 4.78 is 42.3. The van der Waals surface area contributed by atoms with E-state index in [0.717, 1.165) is 29.8 Å². The number of fused-ring (bicyclic) bond motifs is 1. The molecular weight excluding hydrogens is 551 g/mol. The number of ether oxygens (including phenoxy) is 3. The third kappa shape index (κ3) is 9.48. The summed E-state index contributed by atoms with van der Waals surface area (Å²) in [5.74, 6) is -0.368. The zero-order valence-corrected chi connectivity index (χ0v) is 24.0. The molecule has 1 atom stereocenters. The summed E-state index contributed by atoms with van der Waals surface area (Å²) in [6.45, 7) is 3.87. The number of amides is 1. The number of nitrogens with zero attached hydrogens (tertiary/aromatic N) is 1. The van der Waals surface area contributed by atoms with Gasteiger partial charge < -0.3 is 24.8 Å². The smallest absolute Gasteiger partial charge is 0.217 e. The molecule has 1 unspecified atom stereocenters. The van der Waals surface area contributed by atoms with Crippen molar-refractivity contribution in [3.8, 4) is 0 Å². The lowest BCUT2D eigenvalue weighted by Crippen LogP contribution is -2.31. The standard InChI is InChI=1S/C27H36Cl2N2O6S/c1-31-18-24(23-16-21(28)17-26(29)25(23)19-31)20-5-2-6-22(15-20)38(33,34)14-4-9-36-11-13-37-12-10-35-8-3-7-27(30)32/h2,5-6,15-17,24H,3-4,7-14,18-19H2,1H3,(H2,30,32). The Morgan fingerprint density at radius 2 is 1.66 bits per heavy atom. The lowest BCUT2D eigenvalue weighted by molar-refractivity contribution is -0.118. The number of sulfone groups is 1. The second kappa shape index (κ2) is 15.2. The van der Waals surface area contributed by atoms with Crippen molar-refractivity contribution >= 4 is 38.9 Å². The maximum atomic E-state index is 13.0. The summed E-state index contributed by atoms with van der Waals surface area (Å²) in [5.41, 5.74) is 8.05. The molecule has 3 rings (SSSR count). The van der Waals surface area contributed by atoms with Crippen LogP contribution in [0, 0.1) is 0 Å². The van der Waals surface area contributed by atoms with E-state index in [-0.39, 0.29) is 17.6 Å². The Morgan fingerprint density at radius 3 is 2.34 bits per heavy atom. The van der Waals surface area contributed by atoms with Crippen LogP contribution in [-0.2, 0) is 35.4 Å². The summed E-state index contributed by atoms with van der Waals surface area (Å²) in [7, 11) is -1.45. The number of carbonyl (C=O) groups is 1. The van der Waals surface area contributed by atoms with Crippen LogP contribution in [0.25, 0.3) is 0 Å². The first-order chi connectivity index (χ1) is 18.2. The van der Waals surface area contributed by atoms with Gasteiger partial charge in [-0.3, -0.25) is 4.79 Å². The fourth-order valence-electron chi connectivity index (χ4n) is 4.41. The summed E-state index contributed by atoms with van der Waals surface area (Å²) in [6.07, 6.45) is 1.30. The Hall–Kier alpha value is -1.72. The largest absolute Gasteiger partial charge is 0.379 e. The summed E-state index contributed by atoms with van der Waals surface area (Å²) in [4.78, 5) is 13.1. The quantitative estimate of drug-likeness (QED) is 0.295. The van der Waals surface area contributed by atoms with Gasteiger partial charge in [0.15, 0.2) is 9.84 Å². The van der Waals surface area contributed by atoms with E-state index < -0.39 is 9.84 Å². The van der Waals surface area contributed by atoms with Crippen molar-refractivity contribution in [2.45, 2.75) is 36.6 Å². The SMILES string of the molecule is CN1Cc2c(Cl)cc(Cl)cc2C(c2cccc(S(=O)(=O)CCCOCCOCCOCCCC(N)=O)c2)C1. The van der Waals surface area contributed by atoms with E-state index in [0.29, 0.717) is 73.8 Å². The third-order valence-electron chi connectivity index (χ3n) is 6.27. The van der Waals surface area contributed by atoms with Crippen molar-refractivity contribution in [1.82, 2.24) is 4.90 Å². The van der Waals surface area contributed by atoms with Crippen molar-refractivity contribution in [1.29, 1.82) is 0 Å². The van der Waals surface area contributed by atoms with Gasteiger partial charge >= 0.3 is 0 Å². The molecule has 0 bridgehead atoms. The van der Waals surface area contributed by atoms with Crippen molar-refractivity contribution in [3.05, 3.63) is 63.1 Å². The van der Waals surface area contributed by atoms with Gasteiger partial charge in [-0.2, -0.15) is 0 Å². The highest BCUT2D eigenvalue weighted by Crippen LogP contribution is 2.38. The molecule has 38 heavy (non-hydrogen) atoms. The van der Waals surface area contributed by atoms with E-state index in [2.05, 4.69) is 4.90 Å². The molecule has 1 heterocycles. The topological polar surface area (TPSA) is 108 Å². The molecule has 0 saturated heterocycles. The maximum absolute atomic E-state index is 13.0. The van der Waals surface area contributed by atoms with Crippen LogP contribution in [0.15, 0.2) is 41.3 Å². The van der Waals surface area contributed by atoms with Gasteiger partial charge in [0, 0.05) is 48.7 Å². The predicted octanol–water partition coefficient (Wildman–Crippen LogP) is 4.05. The van der Waals surface area contributed by atoms with Gasteiger partial charge in [-0.1, -0.05) is 35.3 Å². The normalized spacial score (nSPS) is 15.9. The fourth-order valence-corrected chi connectivity index (χ4v) is 6.32. The molecule has 11 heteroatoms. The molecule has 0 spiro atoms. The van der Waals surface area contributed by atoms with Gasteiger partial charge in [-0.25, -0.2) is 8.42 Å². The van der Waals surface area contributed by atoms with Crippen LogP contribution in [0.2, 0.25) is 10.0 Å². The van der Waals surface area contributed by atoms with Gasteiger partial charge in [0.05, 0.1) is 37.1 Å². The minimum atomic E-state index is -3.47. The molecule has 0 radical (unpaired) electrons. The van der Waals surface area contributed by atoms with E-state index in [1.54, 1.807) is 24.3 Å². The van der Waals surface area contributed by atoms with E-state index in [1.165, 1.54) is 0 Å². The molecule has 1 amide bonds. The number of hydrogen-bond donors (Lipinski definition) is 1. The number of rotatable bonds is 16. The molecule has 0 aliphatic carbocycles. The lowest BCUT2D eigenvalue weighted by atomic mass is 9.85. The number of halogens is 2. The Labute approximate surface area is 235 Å². The Balaban J connectivity index is 1.43. The average molecular weight is 588 g/mol. The molecule has 2 aromatic rings. The molecule has 0 aromatic heterocycles. The van der Waals surface area contributed by atoms with Gasteiger partial charge in [-0.05, 0) is 60.8 Å². The van der Waals surface area contributed by atoms with E-state index in [4.69, 9.17) is 43.1 Å². The summed E-state index contributed by atoms with van der Waals surface area (Å²) in [5, 5.41) is 1.20. The maximum Gasteiger partial charge on any atom is 0.217 e. The number of likely N-dealkylation sites (N-methyl/N-ethyl adjacent to an activating group) is 1. The fraction of sp³-hybridized carbons (Fsp3) is 0.519. The van der Waals surface area contributed by atoms with E-state index >= 15 is 0 Å². The Bertz CT molecular complexity index is 1180. The van der Waals surface area contributed by atoms with Crippen LogP contribution >= 0.6 is 23.2 Å². The minimum Gasteiger partial charge on any atom is -0.379 e. The Kier molecular flexibility index (Phi) is 12.3. The first kappa shape index (κ1) is 30.8. The van der Waals surface area contributed by atoms with Gasteiger partial charge in [0.1, 0.15) is 0 Å². The van der Waals surface area contributed by atoms with Crippen LogP contribution in [0.4, 0.5) is 0 Å². The van der Waals surface area contributed by atoms with E-state index in [9.17, 15) is 13.2 Å². The second-order valence-electron chi connectivity index (χ2n) is 9.36. The monoisotopic (exact) mass is 586 g/mol. The zero-order valence-electron chi connectivity index (χ0n) is 21.7. The predicted molar refractivity (Wildman–Crippen MR) is 149 cm³/mol. The minimum absolute atomic E-state index is 0.00470. The van der Waals surface area contributed by atoms with Gasteiger partial charge in [0.2, 0.25) is 5.91 Å². The van der Waals surface area contributed by atoms with Gasteiger partial charge in [0.25, 0.3) is 0 Å². The lowest BCUT2D eigenvalue weighted by Gasteiger charge is -2.33. The van der Waals surface area contributed by atoms with Crippen LogP contribution < -0.4 is 5.73 Å². The summed E-state index contributed by atoms with van der Waals surface area (Å²) >= 11 is 12.8. The van der Waals surface area contributed by atoms with Crippen LogP contribution in [0.5, 0.6) is 0 Å². The Morgan fingerprint density at radius 1 is 1.00 bits per heavy atom. The molecule has 0 saturated carbocycles. The molecule has 2 aromatic carbocycles. The van der Waals surface area contributed by atoms with E-state index in [1.807, 2.05) is 19.2 Å². The number of carbonyl (C=O) groups excluding carboxylic acids is 1. The highest BCUT2D eigenvalue weighted by Gasteiger charge is 2.28. The molecular formula is C27H36Cl2N2O6S. The number of benzene rings is 2. The molecule has 1 aliphatic heterocycles. The third-order valence-corrected chi connectivity index (χ3v) is 8.62. The molecule has 2 N–H and O–H groups in total.